The normalized spacial score (nSPS) is 11.1. The molecule has 0 spiro atoms. The number of fused-ring (bicyclic) bond motifs is 1. The minimum absolute atomic E-state index is 0.0905. The molecule has 0 N–H and O–H groups in total. The molecule has 0 saturated carbocycles. The van der Waals surface area contributed by atoms with E-state index < -0.39 is 0 Å². The molecular weight excluding hydrogens is 326 g/mol. The van der Waals surface area contributed by atoms with Crippen LogP contribution in [0.25, 0.3) is 4.96 Å². The summed E-state index contributed by atoms with van der Waals surface area (Å²) in [5.74, 6) is 0.0905. The van der Waals surface area contributed by atoms with Gasteiger partial charge in [0.2, 0.25) is 5.91 Å². The summed E-state index contributed by atoms with van der Waals surface area (Å²) in [6, 6.07) is 3.83. The summed E-state index contributed by atoms with van der Waals surface area (Å²) in [7, 11) is 0. The minimum Gasteiger partial charge on any atom is -0.337 e. The van der Waals surface area contributed by atoms with Crippen molar-refractivity contribution in [3.63, 3.8) is 0 Å². The number of carbonyl (C=O) groups excluding carboxylic acids is 1. The number of rotatable bonds is 5. The van der Waals surface area contributed by atoms with Gasteiger partial charge < -0.3 is 4.90 Å². The summed E-state index contributed by atoms with van der Waals surface area (Å²) in [5, 5.41) is 1.98. The van der Waals surface area contributed by atoms with Crippen molar-refractivity contribution < 1.29 is 4.79 Å². The van der Waals surface area contributed by atoms with Crippen LogP contribution in [0, 0.1) is 0 Å². The summed E-state index contributed by atoms with van der Waals surface area (Å²) < 4.78 is 2.70. The molecule has 4 nitrogen and oxygen atoms in total. The largest absolute Gasteiger partial charge is 0.337 e. The predicted octanol–water partition coefficient (Wildman–Crippen LogP) is 3.70. The second-order valence-corrected chi connectivity index (χ2v) is 7.29. The van der Waals surface area contributed by atoms with Crippen LogP contribution >= 0.6 is 34.3 Å². The van der Waals surface area contributed by atoms with E-state index >= 15 is 0 Å². The van der Waals surface area contributed by atoms with Crippen molar-refractivity contribution in [2.75, 3.05) is 6.54 Å². The van der Waals surface area contributed by atoms with Gasteiger partial charge in [-0.3, -0.25) is 9.20 Å². The molecule has 0 aliphatic heterocycles. The quantitative estimate of drug-likeness (QED) is 0.710. The summed E-state index contributed by atoms with van der Waals surface area (Å²) >= 11 is 9.02. The van der Waals surface area contributed by atoms with Crippen LogP contribution in [0.1, 0.15) is 17.5 Å². The van der Waals surface area contributed by atoms with Gasteiger partial charge in [-0.2, -0.15) is 0 Å². The Balaban J connectivity index is 1.68. The monoisotopic (exact) mass is 339 g/mol. The van der Waals surface area contributed by atoms with Crippen LogP contribution in [0.15, 0.2) is 29.9 Å². The molecule has 3 aromatic heterocycles. The topological polar surface area (TPSA) is 37.6 Å². The molecule has 0 aromatic carbocycles. The van der Waals surface area contributed by atoms with Crippen molar-refractivity contribution in [3.05, 3.63) is 44.8 Å². The number of nitrogens with zero attached hydrogens (tertiary/aromatic N) is 3. The van der Waals surface area contributed by atoms with Gasteiger partial charge in [0.05, 0.1) is 23.0 Å². The van der Waals surface area contributed by atoms with Crippen molar-refractivity contribution in [2.24, 2.45) is 0 Å². The molecule has 0 saturated heterocycles. The molecule has 0 aliphatic carbocycles. The van der Waals surface area contributed by atoms with Crippen LogP contribution in [-0.4, -0.2) is 26.7 Å². The Morgan fingerprint density at radius 3 is 3.00 bits per heavy atom. The van der Waals surface area contributed by atoms with Gasteiger partial charge >= 0.3 is 0 Å². The highest BCUT2D eigenvalue weighted by atomic mass is 35.5. The Hall–Kier alpha value is -1.37. The van der Waals surface area contributed by atoms with Crippen molar-refractivity contribution in [2.45, 2.75) is 19.9 Å². The lowest BCUT2D eigenvalue weighted by Gasteiger charge is -2.19. The number of aromatic nitrogens is 2. The van der Waals surface area contributed by atoms with E-state index in [2.05, 4.69) is 4.98 Å². The number of hydrogen-bond acceptors (Lipinski definition) is 4. The number of likely N-dealkylation sites (N-methyl/N-ethyl adjacent to an activating group) is 1. The maximum Gasteiger partial charge on any atom is 0.228 e. The van der Waals surface area contributed by atoms with Gasteiger partial charge in [0.1, 0.15) is 0 Å². The zero-order valence-electron chi connectivity index (χ0n) is 11.5. The Labute approximate surface area is 135 Å². The van der Waals surface area contributed by atoms with Gasteiger partial charge in [-0.15, -0.1) is 22.7 Å². The van der Waals surface area contributed by atoms with Gasteiger partial charge in [-0.1, -0.05) is 11.6 Å². The number of amides is 1. The van der Waals surface area contributed by atoms with Gasteiger partial charge in [0.25, 0.3) is 0 Å². The van der Waals surface area contributed by atoms with E-state index in [0.717, 1.165) is 19.9 Å². The smallest absolute Gasteiger partial charge is 0.228 e. The highest BCUT2D eigenvalue weighted by molar-refractivity contribution is 7.16. The van der Waals surface area contributed by atoms with Crippen molar-refractivity contribution in [1.29, 1.82) is 0 Å². The average Bonchev–Trinajstić information content (AvgIpc) is 3.12. The van der Waals surface area contributed by atoms with Crippen LogP contribution in [-0.2, 0) is 17.8 Å². The second kappa shape index (κ2) is 6.17. The number of imidazole rings is 1. The summed E-state index contributed by atoms with van der Waals surface area (Å²) in [5.41, 5.74) is 0.814. The Morgan fingerprint density at radius 1 is 1.48 bits per heavy atom. The molecule has 0 atom stereocenters. The van der Waals surface area contributed by atoms with E-state index in [9.17, 15) is 4.79 Å². The summed E-state index contributed by atoms with van der Waals surface area (Å²) in [4.78, 5) is 20.7. The average molecular weight is 340 g/mol. The minimum atomic E-state index is 0.0905. The summed E-state index contributed by atoms with van der Waals surface area (Å²) in [6.45, 7) is 3.27. The highest BCUT2D eigenvalue weighted by Gasteiger charge is 2.15. The molecule has 21 heavy (non-hydrogen) atoms. The molecule has 0 fully saturated rings. The lowest BCUT2D eigenvalue weighted by molar-refractivity contribution is -0.130. The third-order valence-electron chi connectivity index (χ3n) is 3.19. The Bertz CT molecular complexity index is 733. The zero-order valence-corrected chi connectivity index (χ0v) is 13.8. The van der Waals surface area contributed by atoms with Gasteiger partial charge in [0.15, 0.2) is 4.96 Å². The zero-order chi connectivity index (χ0) is 14.8. The van der Waals surface area contributed by atoms with Crippen LogP contribution in [0.3, 0.4) is 0 Å². The molecule has 0 radical (unpaired) electrons. The first-order valence-corrected chi connectivity index (χ1v) is 8.66. The predicted molar refractivity (Wildman–Crippen MR) is 87.2 cm³/mol. The van der Waals surface area contributed by atoms with E-state index in [1.165, 1.54) is 11.3 Å². The number of thiazole rings is 1. The lowest BCUT2D eigenvalue weighted by atomic mass is 10.3. The fraction of sp³-hybridized carbons (Fsp3) is 0.286. The molecule has 0 bridgehead atoms. The first kappa shape index (κ1) is 14.6. The van der Waals surface area contributed by atoms with Crippen LogP contribution in [0.2, 0.25) is 4.34 Å². The number of carbonyl (C=O) groups is 1. The standard InChI is InChI=1S/C14H14ClN3OS2/c1-2-17(9-11-3-4-12(15)21-11)13(19)7-10-8-18-5-6-20-14(18)16-10/h3-6,8H,2,7,9H2,1H3. The van der Waals surface area contributed by atoms with Gasteiger partial charge in [-0.25, -0.2) is 4.98 Å². The lowest BCUT2D eigenvalue weighted by Crippen LogP contribution is -2.31. The Kier molecular flexibility index (Phi) is 4.28. The number of halogens is 1. The molecule has 3 aromatic rings. The molecule has 110 valence electrons. The molecule has 1 amide bonds. The number of thiophene rings is 1. The van der Waals surface area contributed by atoms with E-state index in [4.69, 9.17) is 11.6 Å². The molecule has 7 heteroatoms. The highest BCUT2D eigenvalue weighted by Crippen LogP contribution is 2.23. The molecule has 3 heterocycles. The van der Waals surface area contributed by atoms with Gasteiger partial charge in [0, 0.05) is 29.2 Å². The molecule has 0 aliphatic rings. The van der Waals surface area contributed by atoms with E-state index in [1.807, 2.05) is 46.1 Å². The van der Waals surface area contributed by atoms with Crippen LogP contribution in [0.5, 0.6) is 0 Å². The molecule has 0 unspecified atom stereocenters. The maximum atomic E-state index is 12.4. The molecule has 3 rings (SSSR count). The van der Waals surface area contributed by atoms with E-state index in [1.54, 1.807) is 11.3 Å². The third kappa shape index (κ3) is 3.28. The van der Waals surface area contributed by atoms with Crippen LogP contribution < -0.4 is 0 Å². The van der Waals surface area contributed by atoms with Crippen molar-refractivity contribution in [1.82, 2.24) is 14.3 Å². The Morgan fingerprint density at radius 2 is 2.33 bits per heavy atom. The van der Waals surface area contributed by atoms with E-state index in [-0.39, 0.29) is 5.91 Å². The van der Waals surface area contributed by atoms with Crippen LogP contribution in [0.4, 0.5) is 0 Å². The first-order valence-electron chi connectivity index (χ1n) is 6.58. The maximum absolute atomic E-state index is 12.4. The van der Waals surface area contributed by atoms with E-state index in [0.29, 0.717) is 19.5 Å². The number of hydrogen-bond donors (Lipinski definition) is 0. The second-order valence-electron chi connectivity index (χ2n) is 4.62. The first-order chi connectivity index (χ1) is 10.2. The van der Waals surface area contributed by atoms with Crippen molar-refractivity contribution >= 4 is 45.1 Å². The molecular formula is C14H14ClN3OS2. The fourth-order valence-corrected chi connectivity index (χ4v) is 3.95. The van der Waals surface area contributed by atoms with Gasteiger partial charge in [-0.05, 0) is 19.1 Å². The van der Waals surface area contributed by atoms with Crippen molar-refractivity contribution in [3.8, 4) is 0 Å². The summed E-state index contributed by atoms with van der Waals surface area (Å²) in [6.07, 6.45) is 4.20. The fourth-order valence-electron chi connectivity index (χ4n) is 2.13. The SMILES string of the molecule is CCN(Cc1ccc(Cl)s1)C(=O)Cc1cn2ccsc2n1. The third-order valence-corrected chi connectivity index (χ3v) is 5.17.